The monoisotopic (exact) mass is 344 g/mol. The highest BCUT2D eigenvalue weighted by Gasteiger charge is 2.07. The molecule has 0 aliphatic heterocycles. The minimum atomic E-state index is -0.250. The normalized spacial score (nSPS) is 8.78. The lowest BCUT2D eigenvalue weighted by Crippen LogP contribution is -2.10. The first kappa shape index (κ1) is 20.1. The van der Waals surface area contributed by atoms with Crippen LogP contribution in [0.5, 0.6) is 0 Å². The second-order valence-electron chi connectivity index (χ2n) is 3.75. The maximum atomic E-state index is 8.36. The zero-order chi connectivity index (χ0) is 17.7. The minimum Gasteiger partial charge on any atom is -0.483 e. The van der Waals surface area contributed by atoms with Gasteiger partial charge in [-0.25, -0.2) is 9.97 Å². The van der Waals surface area contributed by atoms with Gasteiger partial charge in [0, 0.05) is 25.4 Å². The summed E-state index contributed by atoms with van der Waals surface area (Å²) in [5, 5.41) is 17.4. The number of nitrogen functional groups attached to an aromatic ring is 1. The number of rotatable bonds is 4. The summed E-state index contributed by atoms with van der Waals surface area (Å²) < 4.78 is 0. The van der Waals surface area contributed by atoms with Crippen molar-refractivity contribution in [3.63, 3.8) is 0 Å². The lowest BCUT2D eigenvalue weighted by atomic mass is 10.4. The smallest absolute Gasteiger partial charge is 0.290 e. The second kappa shape index (κ2) is 11.7. The molecule has 0 bridgehead atoms. The first-order valence-corrected chi connectivity index (χ1v) is 6.55. The molecule has 0 atom stereocenters. The van der Waals surface area contributed by atoms with Gasteiger partial charge in [0.25, 0.3) is 12.9 Å². The van der Waals surface area contributed by atoms with Crippen LogP contribution < -0.4 is 11.1 Å². The number of imidazole rings is 1. The molecule has 0 radical (unpaired) electrons. The van der Waals surface area contributed by atoms with E-state index in [-0.39, 0.29) is 18.9 Å². The van der Waals surface area contributed by atoms with Gasteiger partial charge in [0.1, 0.15) is 10.8 Å². The summed E-state index contributed by atoms with van der Waals surface area (Å²) in [6.45, 7) is 1.96. The minimum absolute atomic E-state index is 0.215. The molecule has 0 saturated carbocycles. The summed E-state index contributed by atoms with van der Waals surface area (Å²) in [6, 6.07) is 0. The Morgan fingerprint density at radius 2 is 1.96 bits per heavy atom. The number of hydrogen-bond donors (Lipinski definition) is 5. The Labute approximate surface area is 136 Å². The van der Waals surface area contributed by atoms with Gasteiger partial charge in [-0.2, -0.15) is 4.98 Å². The molecule has 0 unspecified atom stereocenters. The molecule has 2 aromatic heterocycles. The lowest BCUT2D eigenvalue weighted by Gasteiger charge is -2.08. The summed E-state index contributed by atoms with van der Waals surface area (Å²) in [6.07, 6.45) is 4.26. The quantitative estimate of drug-likeness (QED) is 0.504. The van der Waals surface area contributed by atoms with Gasteiger partial charge in [-0.15, -0.1) is 0 Å². The molecule has 0 aliphatic rings. The Balaban J connectivity index is 0.000000704. The van der Waals surface area contributed by atoms with E-state index < -0.39 is 0 Å². The Kier molecular flexibility index (Phi) is 10.3. The Morgan fingerprint density at radius 3 is 2.48 bits per heavy atom. The Morgan fingerprint density at radius 1 is 1.35 bits per heavy atom. The highest BCUT2D eigenvalue weighted by atomic mass is 35.5. The average Bonchev–Trinajstić information content (AvgIpc) is 2.99. The maximum absolute atomic E-state index is 8.36. The van der Waals surface area contributed by atoms with Crippen molar-refractivity contribution in [2.75, 3.05) is 17.6 Å². The fourth-order valence-electron chi connectivity index (χ4n) is 1.43. The van der Waals surface area contributed by atoms with Crippen molar-refractivity contribution in [2.45, 2.75) is 13.3 Å². The molecule has 0 amide bonds. The third-order valence-corrected chi connectivity index (χ3v) is 2.70. The number of anilines is 2. The molecule has 0 spiro atoms. The van der Waals surface area contributed by atoms with E-state index in [2.05, 4.69) is 25.3 Å². The zero-order valence-corrected chi connectivity index (χ0v) is 13.0. The molecule has 2 heterocycles. The molecule has 126 valence electrons. The van der Waals surface area contributed by atoms with Crippen molar-refractivity contribution in [3.05, 3.63) is 28.9 Å². The standard InChI is InChI=1S/C10H13ClN6.2CH2O2/c1-6-8(11)9(17-10(12)16-6)15-3-2-7-13-4-5-14-7;2*2-1-3/h4-5H,2-3H2,1H3,(H,13,14)(H3,12,15,16,17);2*1H,(H,2,3). The molecule has 11 heteroatoms. The van der Waals surface area contributed by atoms with Crippen LogP contribution in [0.1, 0.15) is 11.5 Å². The fourth-order valence-corrected chi connectivity index (χ4v) is 1.58. The number of carboxylic acid groups (broad SMARTS) is 2. The van der Waals surface area contributed by atoms with Gasteiger partial charge in [0.15, 0.2) is 5.82 Å². The first-order valence-electron chi connectivity index (χ1n) is 6.17. The van der Waals surface area contributed by atoms with Crippen LogP contribution in [-0.4, -0.2) is 49.6 Å². The fraction of sp³-hybridized carbons (Fsp3) is 0.250. The number of halogens is 1. The van der Waals surface area contributed by atoms with E-state index in [1.807, 2.05) is 0 Å². The molecular weight excluding hydrogens is 328 g/mol. The zero-order valence-electron chi connectivity index (χ0n) is 12.2. The molecule has 10 nitrogen and oxygen atoms in total. The Bertz CT molecular complexity index is 587. The van der Waals surface area contributed by atoms with Crippen molar-refractivity contribution in [1.29, 1.82) is 0 Å². The van der Waals surface area contributed by atoms with Crippen molar-refractivity contribution in [3.8, 4) is 0 Å². The summed E-state index contributed by atoms with van der Waals surface area (Å²) in [5.41, 5.74) is 6.22. The number of H-pyrrole nitrogens is 1. The van der Waals surface area contributed by atoms with Crippen LogP contribution in [0.25, 0.3) is 0 Å². The summed E-state index contributed by atoms with van der Waals surface area (Å²) in [7, 11) is 0. The third kappa shape index (κ3) is 8.21. The van der Waals surface area contributed by atoms with E-state index >= 15 is 0 Å². The number of aromatic nitrogens is 4. The maximum Gasteiger partial charge on any atom is 0.290 e. The molecular formula is C12H17ClN6O4. The van der Waals surface area contributed by atoms with Crippen molar-refractivity contribution >= 4 is 36.3 Å². The van der Waals surface area contributed by atoms with Gasteiger partial charge >= 0.3 is 0 Å². The van der Waals surface area contributed by atoms with Gasteiger partial charge in [-0.05, 0) is 6.92 Å². The third-order valence-electron chi connectivity index (χ3n) is 2.24. The van der Waals surface area contributed by atoms with Crippen LogP contribution in [-0.2, 0) is 16.0 Å². The van der Waals surface area contributed by atoms with Crippen molar-refractivity contribution in [2.24, 2.45) is 0 Å². The first-order chi connectivity index (χ1) is 11.0. The van der Waals surface area contributed by atoms with Crippen LogP contribution in [0.15, 0.2) is 12.4 Å². The van der Waals surface area contributed by atoms with Crippen LogP contribution in [0.4, 0.5) is 11.8 Å². The Hall–Kier alpha value is -2.88. The van der Waals surface area contributed by atoms with Crippen LogP contribution in [0.2, 0.25) is 5.02 Å². The van der Waals surface area contributed by atoms with Crippen molar-refractivity contribution < 1.29 is 19.8 Å². The lowest BCUT2D eigenvalue weighted by molar-refractivity contribution is -0.123. The predicted molar refractivity (Wildman–Crippen MR) is 84.4 cm³/mol. The molecule has 0 saturated heterocycles. The topological polar surface area (TPSA) is 167 Å². The molecule has 23 heavy (non-hydrogen) atoms. The SMILES string of the molecule is Cc1nc(N)nc(NCCc2ncc[nH]2)c1Cl.O=CO.O=CO. The largest absolute Gasteiger partial charge is 0.483 e. The highest BCUT2D eigenvalue weighted by molar-refractivity contribution is 6.33. The molecule has 6 N–H and O–H groups in total. The van der Waals surface area contributed by atoms with Gasteiger partial charge in [0.2, 0.25) is 5.95 Å². The van der Waals surface area contributed by atoms with Crippen LogP contribution in [0, 0.1) is 6.92 Å². The molecule has 2 aromatic rings. The van der Waals surface area contributed by atoms with E-state index in [1.54, 1.807) is 19.3 Å². The van der Waals surface area contributed by atoms with E-state index in [9.17, 15) is 0 Å². The summed E-state index contributed by atoms with van der Waals surface area (Å²) in [5.74, 6) is 1.68. The number of hydrogen-bond acceptors (Lipinski definition) is 7. The van der Waals surface area contributed by atoms with Crippen LogP contribution in [0.3, 0.4) is 0 Å². The molecule has 0 aliphatic carbocycles. The molecule has 0 aromatic carbocycles. The number of aryl methyl sites for hydroxylation is 1. The average molecular weight is 345 g/mol. The van der Waals surface area contributed by atoms with Crippen LogP contribution >= 0.6 is 11.6 Å². The molecule has 2 rings (SSSR count). The van der Waals surface area contributed by atoms with E-state index in [4.69, 9.17) is 37.1 Å². The predicted octanol–water partition coefficient (Wildman–Crippen LogP) is 0.800. The number of carbonyl (C=O) groups is 2. The van der Waals surface area contributed by atoms with Gasteiger partial charge in [-0.1, -0.05) is 11.6 Å². The number of nitrogens with two attached hydrogens (primary N) is 1. The second-order valence-corrected chi connectivity index (χ2v) is 4.13. The van der Waals surface area contributed by atoms with E-state index in [0.29, 0.717) is 23.1 Å². The van der Waals surface area contributed by atoms with Gasteiger partial charge < -0.3 is 26.2 Å². The number of aromatic amines is 1. The van der Waals surface area contributed by atoms with E-state index in [1.165, 1.54) is 0 Å². The highest BCUT2D eigenvalue weighted by Crippen LogP contribution is 2.22. The number of nitrogens with zero attached hydrogens (tertiary/aromatic N) is 3. The van der Waals surface area contributed by atoms with E-state index in [0.717, 1.165) is 12.2 Å². The van der Waals surface area contributed by atoms with Gasteiger partial charge in [0.05, 0.1) is 5.69 Å². The molecule has 0 fully saturated rings. The van der Waals surface area contributed by atoms with Gasteiger partial charge in [-0.3, -0.25) is 9.59 Å². The van der Waals surface area contributed by atoms with Crippen molar-refractivity contribution in [1.82, 2.24) is 19.9 Å². The summed E-state index contributed by atoms with van der Waals surface area (Å²) in [4.78, 5) is 31.9. The number of nitrogens with one attached hydrogen (secondary N) is 2. The summed E-state index contributed by atoms with van der Waals surface area (Å²) >= 11 is 6.06.